The lowest BCUT2D eigenvalue weighted by Crippen LogP contribution is -2.40. The summed E-state index contributed by atoms with van der Waals surface area (Å²) in [6.45, 7) is 8.45. The third-order valence-corrected chi connectivity index (χ3v) is 3.71. The summed E-state index contributed by atoms with van der Waals surface area (Å²) in [4.78, 5) is 2.74. The molecule has 82 valence electrons. The maximum absolute atomic E-state index is 3.61. The van der Waals surface area contributed by atoms with Crippen molar-refractivity contribution in [3.05, 3.63) is 0 Å². The zero-order chi connectivity index (χ0) is 9.97. The molecule has 1 N–H and O–H groups in total. The Morgan fingerprint density at radius 2 is 1.79 bits per heavy atom. The minimum absolute atomic E-state index is 0.681. The average molecular weight is 196 g/mol. The molecule has 2 fully saturated rings. The third kappa shape index (κ3) is 2.48. The Morgan fingerprint density at radius 1 is 1.07 bits per heavy atom. The molecule has 2 heteroatoms. The van der Waals surface area contributed by atoms with E-state index in [1.165, 1.54) is 45.3 Å². The Bertz CT molecular complexity index is 163. The average Bonchev–Trinajstić information content (AvgIpc) is 2.61. The monoisotopic (exact) mass is 196 g/mol. The van der Waals surface area contributed by atoms with Crippen molar-refractivity contribution in [1.29, 1.82) is 0 Å². The predicted octanol–water partition coefficient (Wildman–Crippen LogP) is 1.86. The van der Waals surface area contributed by atoms with E-state index in [9.17, 15) is 0 Å². The molecular weight excluding hydrogens is 172 g/mol. The summed E-state index contributed by atoms with van der Waals surface area (Å²) in [6.07, 6.45) is 5.80. The smallest absolute Gasteiger partial charge is 0.0166 e. The van der Waals surface area contributed by atoms with Crippen LogP contribution < -0.4 is 5.32 Å². The van der Waals surface area contributed by atoms with Gasteiger partial charge in [-0.3, -0.25) is 4.90 Å². The molecule has 0 radical (unpaired) electrons. The van der Waals surface area contributed by atoms with Gasteiger partial charge in [0.2, 0.25) is 0 Å². The van der Waals surface area contributed by atoms with Gasteiger partial charge in [0.25, 0.3) is 0 Å². The van der Waals surface area contributed by atoms with Crippen molar-refractivity contribution in [2.24, 2.45) is 5.92 Å². The molecule has 0 aromatic heterocycles. The van der Waals surface area contributed by atoms with Crippen LogP contribution in [-0.4, -0.2) is 36.6 Å². The molecule has 0 amide bonds. The van der Waals surface area contributed by atoms with Gasteiger partial charge in [-0.1, -0.05) is 19.8 Å². The Labute approximate surface area is 88.1 Å². The molecule has 2 nitrogen and oxygen atoms in total. The van der Waals surface area contributed by atoms with E-state index in [0.717, 1.165) is 12.0 Å². The molecule has 2 aliphatic rings. The molecule has 0 bridgehead atoms. The fourth-order valence-corrected chi connectivity index (χ4v) is 2.93. The summed E-state index contributed by atoms with van der Waals surface area (Å²) in [5, 5.41) is 3.61. The highest BCUT2D eigenvalue weighted by Gasteiger charge is 2.26. The van der Waals surface area contributed by atoms with Gasteiger partial charge in [0.1, 0.15) is 0 Å². The van der Waals surface area contributed by atoms with Crippen LogP contribution in [0.4, 0.5) is 0 Å². The van der Waals surface area contributed by atoms with E-state index in [4.69, 9.17) is 0 Å². The molecule has 14 heavy (non-hydrogen) atoms. The number of hydrogen-bond donors (Lipinski definition) is 1. The van der Waals surface area contributed by atoms with E-state index in [-0.39, 0.29) is 0 Å². The van der Waals surface area contributed by atoms with Gasteiger partial charge in [-0.05, 0) is 32.2 Å². The number of nitrogens with zero attached hydrogens (tertiary/aromatic N) is 1. The van der Waals surface area contributed by atoms with Crippen LogP contribution in [0.15, 0.2) is 0 Å². The summed E-state index contributed by atoms with van der Waals surface area (Å²) >= 11 is 0. The molecule has 0 spiro atoms. The first-order valence-corrected chi connectivity index (χ1v) is 6.23. The normalized spacial score (nSPS) is 37.3. The topological polar surface area (TPSA) is 15.3 Å². The van der Waals surface area contributed by atoms with Gasteiger partial charge < -0.3 is 5.32 Å². The van der Waals surface area contributed by atoms with E-state index >= 15 is 0 Å². The molecule has 2 atom stereocenters. The van der Waals surface area contributed by atoms with Crippen LogP contribution in [0, 0.1) is 5.92 Å². The molecule has 2 rings (SSSR count). The highest BCUT2D eigenvalue weighted by Crippen LogP contribution is 2.25. The minimum Gasteiger partial charge on any atom is -0.313 e. The number of nitrogens with one attached hydrogen (secondary N) is 1. The lowest BCUT2D eigenvalue weighted by atomic mass is 10.1. The summed E-state index contributed by atoms with van der Waals surface area (Å²) in [5.74, 6) is 0.820. The fraction of sp³-hybridized carbons (Fsp3) is 1.00. The zero-order valence-electron chi connectivity index (χ0n) is 9.63. The van der Waals surface area contributed by atoms with Crippen molar-refractivity contribution in [2.75, 3.05) is 19.6 Å². The molecular formula is C12H24N2. The van der Waals surface area contributed by atoms with Crippen molar-refractivity contribution in [2.45, 2.75) is 51.6 Å². The van der Waals surface area contributed by atoms with Gasteiger partial charge in [-0.15, -0.1) is 0 Å². The van der Waals surface area contributed by atoms with E-state index in [0.29, 0.717) is 6.04 Å². The number of rotatable bonds is 1. The second-order valence-corrected chi connectivity index (χ2v) is 5.31. The maximum atomic E-state index is 3.61. The minimum atomic E-state index is 0.681. The standard InChI is InChI=1S/C12H24N2/c1-10-7-13-11(2)9-14(8-10)12-5-3-4-6-12/h10-13H,3-9H2,1-2H3. The molecule has 1 saturated carbocycles. The molecule has 1 saturated heterocycles. The van der Waals surface area contributed by atoms with Crippen LogP contribution >= 0.6 is 0 Å². The van der Waals surface area contributed by atoms with Crippen LogP contribution in [0.1, 0.15) is 39.5 Å². The van der Waals surface area contributed by atoms with Crippen LogP contribution in [0.3, 0.4) is 0 Å². The van der Waals surface area contributed by atoms with Crippen LogP contribution in [0.25, 0.3) is 0 Å². The SMILES string of the molecule is CC1CNC(C)CN(C2CCCC2)C1. The predicted molar refractivity (Wildman–Crippen MR) is 60.5 cm³/mol. The van der Waals surface area contributed by atoms with E-state index in [1.807, 2.05) is 0 Å². The third-order valence-electron chi connectivity index (χ3n) is 3.71. The highest BCUT2D eigenvalue weighted by molar-refractivity contribution is 4.84. The summed E-state index contributed by atoms with van der Waals surface area (Å²) in [6, 6.07) is 1.58. The van der Waals surface area contributed by atoms with E-state index in [2.05, 4.69) is 24.1 Å². The van der Waals surface area contributed by atoms with Crippen molar-refractivity contribution in [3.63, 3.8) is 0 Å². The van der Waals surface area contributed by atoms with Crippen molar-refractivity contribution < 1.29 is 0 Å². The molecule has 1 aliphatic carbocycles. The second kappa shape index (κ2) is 4.63. The molecule has 0 aromatic carbocycles. The Balaban J connectivity index is 1.93. The summed E-state index contributed by atoms with van der Waals surface area (Å²) in [7, 11) is 0. The first kappa shape index (κ1) is 10.4. The molecule has 1 aliphatic heterocycles. The quantitative estimate of drug-likeness (QED) is 0.688. The summed E-state index contributed by atoms with van der Waals surface area (Å²) < 4.78 is 0. The van der Waals surface area contributed by atoms with Crippen molar-refractivity contribution >= 4 is 0 Å². The van der Waals surface area contributed by atoms with Crippen LogP contribution in [0.5, 0.6) is 0 Å². The van der Waals surface area contributed by atoms with Crippen molar-refractivity contribution in [1.82, 2.24) is 10.2 Å². The lowest BCUT2D eigenvalue weighted by Gasteiger charge is -2.29. The lowest BCUT2D eigenvalue weighted by molar-refractivity contribution is 0.182. The van der Waals surface area contributed by atoms with Gasteiger partial charge in [-0.2, -0.15) is 0 Å². The second-order valence-electron chi connectivity index (χ2n) is 5.31. The first-order valence-electron chi connectivity index (χ1n) is 6.23. The van der Waals surface area contributed by atoms with Gasteiger partial charge in [0.15, 0.2) is 0 Å². The van der Waals surface area contributed by atoms with Crippen molar-refractivity contribution in [3.8, 4) is 0 Å². The van der Waals surface area contributed by atoms with Crippen LogP contribution in [-0.2, 0) is 0 Å². The maximum Gasteiger partial charge on any atom is 0.0166 e. The van der Waals surface area contributed by atoms with Crippen LogP contribution in [0.2, 0.25) is 0 Å². The van der Waals surface area contributed by atoms with E-state index < -0.39 is 0 Å². The van der Waals surface area contributed by atoms with Gasteiger partial charge in [-0.25, -0.2) is 0 Å². The highest BCUT2D eigenvalue weighted by atomic mass is 15.2. The van der Waals surface area contributed by atoms with Gasteiger partial charge in [0.05, 0.1) is 0 Å². The molecule has 1 heterocycles. The zero-order valence-corrected chi connectivity index (χ0v) is 9.63. The molecule has 2 unspecified atom stereocenters. The largest absolute Gasteiger partial charge is 0.313 e. The van der Waals surface area contributed by atoms with E-state index in [1.54, 1.807) is 0 Å². The first-order chi connectivity index (χ1) is 6.75. The van der Waals surface area contributed by atoms with Gasteiger partial charge in [0, 0.05) is 25.2 Å². The summed E-state index contributed by atoms with van der Waals surface area (Å²) in [5.41, 5.74) is 0. The fourth-order valence-electron chi connectivity index (χ4n) is 2.93. The number of hydrogen-bond acceptors (Lipinski definition) is 2. The Kier molecular flexibility index (Phi) is 3.45. The Morgan fingerprint density at radius 3 is 2.50 bits per heavy atom. The molecule has 0 aromatic rings. The van der Waals surface area contributed by atoms with Gasteiger partial charge >= 0.3 is 0 Å². The Hall–Kier alpha value is -0.0800.